The van der Waals surface area contributed by atoms with E-state index in [1.165, 1.54) is 45.1 Å². The standard InChI is InChI=1S/C10H22N2/c1-2-3-7-12-10-6-4-5-9(11)8-10/h9-10,12H,2-8,11H2,1H3. The lowest BCUT2D eigenvalue weighted by molar-refractivity contribution is 0.338. The van der Waals surface area contributed by atoms with Gasteiger partial charge in [-0.15, -0.1) is 0 Å². The summed E-state index contributed by atoms with van der Waals surface area (Å²) < 4.78 is 0. The maximum Gasteiger partial charge on any atom is 0.00818 e. The average Bonchev–Trinajstić information content (AvgIpc) is 2.05. The van der Waals surface area contributed by atoms with Gasteiger partial charge in [0.25, 0.3) is 0 Å². The van der Waals surface area contributed by atoms with Gasteiger partial charge in [0.2, 0.25) is 0 Å². The zero-order valence-corrected chi connectivity index (χ0v) is 8.18. The summed E-state index contributed by atoms with van der Waals surface area (Å²) in [7, 11) is 0. The van der Waals surface area contributed by atoms with Crippen LogP contribution in [0.3, 0.4) is 0 Å². The van der Waals surface area contributed by atoms with Gasteiger partial charge in [-0.25, -0.2) is 0 Å². The third kappa shape index (κ3) is 3.55. The Morgan fingerprint density at radius 3 is 2.92 bits per heavy atom. The van der Waals surface area contributed by atoms with Crippen molar-refractivity contribution in [2.24, 2.45) is 5.73 Å². The Balaban J connectivity index is 2.06. The summed E-state index contributed by atoms with van der Waals surface area (Å²) in [4.78, 5) is 0. The maximum atomic E-state index is 5.89. The highest BCUT2D eigenvalue weighted by Gasteiger charge is 2.17. The first-order chi connectivity index (χ1) is 5.83. The summed E-state index contributed by atoms with van der Waals surface area (Å²) >= 11 is 0. The van der Waals surface area contributed by atoms with Crippen LogP contribution in [0.4, 0.5) is 0 Å². The van der Waals surface area contributed by atoms with E-state index in [4.69, 9.17) is 5.73 Å². The summed E-state index contributed by atoms with van der Waals surface area (Å²) in [6.45, 7) is 3.40. The van der Waals surface area contributed by atoms with E-state index in [0.717, 1.165) is 0 Å². The maximum absolute atomic E-state index is 5.89. The van der Waals surface area contributed by atoms with Gasteiger partial charge in [-0.05, 0) is 32.2 Å². The lowest BCUT2D eigenvalue weighted by Crippen LogP contribution is -2.39. The minimum absolute atomic E-state index is 0.456. The zero-order valence-electron chi connectivity index (χ0n) is 8.18. The number of nitrogens with one attached hydrogen (secondary N) is 1. The van der Waals surface area contributed by atoms with E-state index in [0.29, 0.717) is 12.1 Å². The predicted octanol–water partition coefficient (Wildman–Crippen LogP) is 1.65. The number of rotatable bonds is 4. The first-order valence-electron chi connectivity index (χ1n) is 5.32. The third-order valence-electron chi connectivity index (χ3n) is 2.68. The SMILES string of the molecule is CCCCNC1CCCC(N)C1. The van der Waals surface area contributed by atoms with E-state index >= 15 is 0 Å². The van der Waals surface area contributed by atoms with E-state index in [2.05, 4.69) is 12.2 Å². The molecule has 1 aliphatic rings. The Labute approximate surface area is 75.9 Å². The Morgan fingerprint density at radius 1 is 1.42 bits per heavy atom. The van der Waals surface area contributed by atoms with Gasteiger partial charge >= 0.3 is 0 Å². The molecule has 1 rings (SSSR count). The van der Waals surface area contributed by atoms with Crippen LogP contribution >= 0.6 is 0 Å². The summed E-state index contributed by atoms with van der Waals surface area (Å²) in [5.41, 5.74) is 5.89. The molecule has 2 heteroatoms. The fourth-order valence-corrected chi connectivity index (χ4v) is 1.90. The molecule has 0 spiro atoms. The molecule has 2 atom stereocenters. The summed E-state index contributed by atoms with van der Waals surface area (Å²) in [6, 6.07) is 1.16. The van der Waals surface area contributed by atoms with Crippen LogP contribution in [0.15, 0.2) is 0 Å². The first kappa shape index (κ1) is 10.0. The predicted molar refractivity (Wildman–Crippen MR) is 53.1 cm³/mol. The molecule has 0 aromatic rings. The fraction of sp³-hybridized carbons (Fsp3) is 1.00. The van der Waals surface area contributed by atoms with Crippen LogP contribution < -0.4 is 11.1 Å². The number of hydrogen-bond acceptors (Lipinski definition) is 2. The molecule has 1 fully saturated rings. The molecule has 0 radical (unpaired) electrons. The van der Waals surface area contributed by atoms with Crippen LogP contribution in [-0.4, -0.2) is 18.6 Å². The quantitative estimate of drug-likeness (QED) is 0.630. The Kier molecular flexibility index (Phi) is 4.62. The van der Waals surface area contributed by atoms with Crippen molar-refractivity contribution in [2.75, 3.05) is 6.54 Å². The zero-order chi connectivity index (χ0) is 8.81. The molecule has 0 amide bonds. The van der Waals surface area contributed by atoms with E-state index in [-0.39, 0.29) is 0 Å². The monoisotopic (exact) mass is 170 g/mol. The molecule has 0 aromatic heterocycles. The summed E-state index contributed by atoms with van der Waals surface area (Å²) in [5.74, 6) is 0. The van der Waals surface area contributed by atoms with Gasteiger partial charge in [0.05, 0.1) is 0 Å². The van der Waals surface area contributed by atoms with Crippen LogP contribution in [-0.2, 0) is 0 Å². The molecule has 72 valence electrons. The van der Waals surface area contributed by atoms with Crippen molar-refractivity contribution in [1.82, 2.24) is 5.32 Å². The van der Waals surface area contributed by atoms with Crippen LogP contribution in [0, 0.1) is 0 Å². The lowest BCUT2D eigenvalue weighted by atomic mass is 9.91. The van der Waals surface area contributed by atoms with Gasteiger partial charge in [0.15, 0.2) is 0 Å². The number of unbranched alkanes of at least 4 members (excludes halogenated alkanes) is 1. The number of nitrogens with two attached hydrogens (primary N) is 1. The average molecular weight is 170 g/mol. The molecule has 1 aliphatic carbocycles. The van der Waals surface area contributed by atoms with Crippen LogP contribution in [0.25, 0.3) is 0 Å². The second-order valence-electron chi connectivity index (χ2n) is 3.93. The van der Waals surface area contributed by atoms with Gasteiger partial charge in [-0.1, -0.05) is 19.8 Å². The van der Waals surface area contributed by atoms with Crippen molar-refractivity contribution in [3.05, 3.63) is 0 Å². The van der Waals surface area contributed by atoms with Gasteiger partial charge in [-0.3, -0.25) is 0 Å². The Bertz CT molecular complexity index is 114. The van der Waals surface area contributed by atoms with E-state index in [1.807, 2.05) is 0 Å². The number of hydrogen-bond donors (Lipinski definition) is 2. The van der Waals surface area contributed by atoms with Crippen molar-refractivity contribution < 1.29 is 0 Å². The van der Waals surface area contributed by atoms with Crippen molar-refractivity contribution in [3.63, 3.8) is 0 Å². The molecular formula is C10H22N2. The van der Waals surface area contributed by atoms with Gasteiger partial charge in [-0.2, -0.15) is 0 Å². The molecule has 2 unspecified atom stereocenters. The van der Waals surface area contributed by atoms with Crippen molar-refractivity contribution in [3.8, 4) is 0 Å². The van der Waals surface area contributed by atoms with E-state index in [1.54, 1.807) is 0 Å². The van der Waals surface area contributed by atoms with Crippen LogP contribution in [0.1, 0.15) is 45.4 Å². The highest BCUT2D eigenvalue weighted by molar-refractivity contribution is 4.79. The van der Waals surface area contributed by atoms with Gasteiger partial charge in [0, 0.05) is 12.1 Å². The largest absolute Gasteiger partial charge is 0.328 e. The summed E-state index contributed by atoms with van der Waals surface area (Å²) in [5, 5.41) is 3.57. The first-order valence-corrected chi connectivity index (χ1v) is 5.32. The minimum Gasteiger partial charge on any atom is -0.328 e. The second kappa shape index (κ2) is 5.55. The molecule has 0 aliphatic heterocycles. The topological polar surface area (TPSA) is 38.0 Å². The van der Waals surface area contributed by atoms with E-state index in [9.17, 15) is 0 Å². The molecule has 0 saturated heterocycles. The van der Waals surface area contributed by atoms with Crippen LogP contribution in [0.5, 0.6) is 0 Å². The third-order valence-corrected chi connectivity index (χ3v) is 2.68. The van der Waals surface area contributed by atoms with Crippen LogP contribution in [0.2, 0.25) is 0 Å². The molecule has 0 bridgehead atoms. The molecule has 1 saturated carbocycles. The molecule has 0 heterocycles. The second-order valence-corrected chi connectivity index (χ2v) is 3.93. The lowest BCUT2D eigenvalue weighted by Gasteiger charge is -2.27. The molecular weight excluding hydrogens is 148 g/mol. The van der Waals surface area contributed by atoms with Crippen molar-refractivity contribution in [2.45, 2.75) is 57.5 Å². The normalized spacial score (nSPS) is 30.5. The highest BCUT2D eigenvalue weighted by Crippen LogP contribution is 2.16. The minimum atomic E-state index is 0.456. The Morgan fingerprint density at radius 2 is 2.25 bits per heavy atom. The van der Waals surface area contributed by atoms with E-state index < -0.39 is 0 Å². The molecule has 12 heavy (non-hydrogen) atoms. The van der Waals surface area contributed by atoms with Crippen molar-refractivity contribution >= 4 is 0 Å². The summed E-state index contributed by atoms with van der Waals surface area (Å²) in [6.07, 6.45) is 7.63. The highest BCUT2D eigenvalue weighted by atomic mass is 14.9. The van der Waals surface area contributed by atoms with Gasteiger partial charge < -0.3 is 11.1 Å². The van der Waals surface area contributed by atoms with Crippen molar-refractivity contribution in [1.29, 1.82) is 0 Å². The molecule has 3 N–H and O–H groups in total. The smallest absolute Gasteiger partial charge is 0.00818 e. The molecule has 2 nitrogen and oxygen atoms in total. The molecule has 0 aromatic carbocycles. The fourth-order valence-electron chi connectivity index (χ4n) is 1.90. The van der Waals surface area contributed by atoms with Gasteiger partial charge in [0.1, 0.15) is 0 Å². The Hall–Kier alpha value is -0.0800.